The molecule has 5 N–H and O–H groups in total. The number of hydrogen-bond acceptors (Lipinski definition) is 6. The standard InChI is InChI=1S/C17H19FN2O2.C17H17FN2O2/c2*1-12(17(19)21)20-10-13-5-7-16(8-6-13)22-11-14-3-2-4-15(18)9-14/h2-9,12,20H,10-11H2,1H3,(H2,19,21);2-10,12H,11H2,1H3,(H2,19,21)/t2*12-/m00/s1. The third kappa shape index (κ3) is 12.0. The summed E-state index contributed by atoms with van der Waals surface area (Å²) in [5.74, 6) is -0.0241. The van der Waals surface area contributed by atoms with E-state index in [4.69, 9.17) is 20.9 Å². The molecule has 0 saturated heterocycles. The minimum absolute atomic E-state index is 0.272. The molecule has 0 fully saturated rings. The van der Waals surface area contributed by atoms with Gasteiger partial charge in [-0.05, 0) is 96.8 Å². The first-order chi connectivity index (χ1) is 21.1. The Balaban J connectivity index is 0.000000240. The van der Waals surface area contributed by atoms with E-state index < -0.39 is 11.9 Å². The van der Waals surface area contributed by atoms with E-state index >= 15 is 0 Å². The van der Waals surface area contributed by atoms with Crippen molar-refractivity contribution in [1.29, 1.82) is 0 Å². The number of hydrogen-bond donors (Lipinski definition) is 3. The largest absolute Gasteiger partial charge is 0.489 e. The van der Waals surface area contributed by atoms with Crippen LogP contribution in [0.15, 0.2) is 102 Å². The molecule has 4 aromatic carbocycles. The fourth-order valence-electron chi connectivity index (χ4n) is 3.58. The van der Waals surface area contributed by atoms with Crippen molar-refractivity contribution < 1.29 is 27.8 Å². The van der Waals surface area contributed by atoms with Crippen LogP contribution in [0.3, 0.4) is 0 Å². The number of rotatable bonds is 13. The quantitative estimate of drug-likeness (QED) is 0.184. The topological polar surface area (TPSA) is 129 Å². The third-order valence-corrected chi connectivity index (χ3v) is 6.29. The smallest absolute Gasteiger partial charge is 0.241 e. The maximum absolute atomic E-state index is 13.1. The molecule has 0 aliphatic heterocycles. The van der Waals surface area contributed by atoms with E-state index in [-0.39, 0.29) is 23.6 Å². The maximum Gasteiger partial charge on any atom is 0.241 e. The number of nitrogens with two attached hydrogens (primary N) is 2. The Labute approximate surface area is 255 Å². The van der Waals surface area contributed by atoms with Gasteiger partial charge in [-0.1, -0.05) is 36.4 Å². The summed E-state index contributed by atoms with van der Waals surface area (Å²) in [4.78, 5) is 25.9. The second-order valence-corrected chi connectivity index (χ2v) is 9.91. The fraction of sp³-hybridized carbons (Fsp3) is 0.206. The highest BCUT2D eigenvalue weighted by Gasteiger charge is 2.07. The van der Waals surface area contributed by atoms with Gasteiger partial charge in [-0.2, -0.15) is 0 Å². The minimum atomic E-state index is -0.552. The van der Waals surface area contributed by atoms with Crippen LogP contribution in [0.2, 0.25) is 0 Å². The molecule has 0 spiro atoms. The average molecular weight is 603 g/mol. The van der Waals surface area contributed by atoms with Crippen molar-refractivity contribution in [2.75, 3.05) is 0 Å². The van der Waals surface area contributed by atoms with Crippen LogP contribution in [0.25, 0.3) is 0 Å². The number of halogens is 2. The molecule has 0 heterocycles. The van der Waals surface area contributed by atoms with Crippen molar-refractivity contribution in [3.8, 4) is 11.5 Å². The van der Waals surface area contributed by atoms with Crippen molar-refractivity contribution in [3.63, 3.8) is 0 Å². The number of carbonyl (C=O) groups excluding carboxylic acids is 2. The van der Waals surface area contributed by atoms with Gasteiger partial charge in [-0.25, -0.2) is 8.78 Å². The molecule has 0 saturated carbocycles. The SMILES string of the molecule is C[C@H](N=Cc1ccc(OCc2cccc(F)c2)cc1)C(N)=O.C[C@H](NCc1ccc(OCc2cccc(F)c2)cc1)C(N)=O. The van der Waals surface area contributed by atoms with Crippen molar-refractivity contribution in [2.24, 2.45) is 16.5 Å². The van der Waals surface area contributed by atoms with Crippen LogP contribution in [0.5, 0.6) is 11.5 Å². The third-order valence-electron chi connectivity index (χ3n) is 6.29. The summed E-state index contributed by atoms with van der Waals surface area (Å²) < 4.78 is 37.3. The van der Waals surface area contributed by atoms with Gasteiger partial charge in [-0.3, -0.25) is 14.6 Å². The van der Waals surface area contributed by atoms with Gasteiger partial charge in [0.05, 0.1) is 6.04 Å². The molecular weight excluding hydrogens is 566 g/mol. The van der Waals surface area contributed by atoms with E-state index in [0.29, 0.717) is 31.3 Å². The zero-order valence-electron chi connectivity index (χ0n) is 24.6. The van der Waals surface area contributed by atoms with Crippen LogP contribution in [-0.2, 0) is 29.3 Å². The Bertz CT molecular complexity index is 1530. The molecule has 4 aromatic rings. The molecule has 0 aromatic heterocycles. The number of primary amides is 2. The summed E-state index contributed by atoms with van der Waals surface area (Å²) in [5.41, 5.74) is 13.7. The number of ether oxygens (including phenoxy) is 2. The maximum atomic E-state index is 13.1. The number of benzene rings is 4. The molecule has 10 heteroatoms. The van der Waals surface area contributed by atoms with Gasteiger partial charge < -0.3 is 26.3 Å². The van der Waals surface area contributed by atoms with Crippen LogP contribution in [-0.4, -0.2) is 30.1 Å². The normalized spacial score (nSPS) is 12.1. The van der Waals surface area contributed by atoms with Gasteiger partial charge in [-0.15, -0.1) is 0 Å². The Hall–Kier alpha value is -5.09. The second-order valence-electron chi connectivity index (χ2n) is 9.91. The van der Waals surface area contributed by atoms with E-state index in [2.05, 4.69) is 10.3 Å². The van der Waals surface area contributed by atoms with Crippen LogP contribution >= 0.6 is 0 Å². The Kier molecular flexibility index (Phi) is 13.0. The van der Waals surface area contributed by atoms with E-state index in [0.717, 1.165) is 22.3 Å². The lowest BCUT2D eigenvalue weighted by atomic mass is 10.2. The number of aliphatic imine (C=N–C) groups is 1. The molecule has 230 valence electrons. The average Bonchev–Trinajstić information content (AvgIpc) is 3.01. The second kappa shape index (κ2) is 17.1. The number of carbonyl (C=O) groups is 2. The first-order valence-electron chi connectivity index (χ1n) is 13.9. The van der Waals surface area contributed by atoms with Crippen molar-refractivity contribution >= 4 is 18.0 Å². The van der Waals surface area contributed by atoms with Crippen molar-refractivity contribution in [1.82, 2.24) is 5.32 Å². The number of nitrogens with one attached hydrogen (secondary N) is 1. The molecular formula is C34H36F2N4O4. The van der Waals surface area contributed by atoms with Gasteiger partial charge in [0.2, 0.25) is 11.8 Å². The highest BCUT2D eigenvalue weighted by molar-refractivity contribution is 5.85. The molecule has 8 nitrogen and oxygen atoms in total. The first-order valence-corrected chi connectivity index (χ1v) is 13.9. The highest BCUT2D eigenvalue weighted by Crippen LogP contribution is 2.16. The van der Waals surface area contributed by atoms with Crippen LogP contribution < -0.4 is 26.3 Å². The molecule has 0 unspecified atom stereocenters. The number of nitrogens with zero attached hydrogens (tertiary/aromatic N) is 1. The fourth-order valence-corrected chi connectivity index (χ4v) is 3.58. The molecule has 4 rings (SSSR count). The van der Waals surface area contributed by atoms with Crippen LogP contribution in [0.1, 0.15) is 36.1 Å². The molecule has 2 atom stereocenters. The lowest BCUT2D eigenvalue weighted by molar-refractivity contribution is -0.120. The van der Waals surface area contributed by atoms with E-state index in [1.807, 2.05) is 42.5 Å². The predicted molar refractivity (Wildman–Crippen MR) is 166 cm³/mol. The van der Waals surface area contributed by atoms with Gasteiger partial charge in [0.15, 0.2) is 0 Å². The van der Waals surface area contributed by atoms with Crippen molar-refractivity contribution in [2.45, 2.75) is 45.7 Å². The molecule has 2 amide bonds. The minimum Gasteiger partial charge on any atom is -0.489 e. The van der Waals surface area contributed by atoms with E-state index in [9.17, 15) is 18.4 Å². The van der Waals surface area contributed by atoms with Gasteiger partial charge >= 0.3 is 0 Å². The van der Waals surface area contributed by atoms with E-state index in [1.54, 1.807) is 50.4 Å². The lowest BCUT2D eigenvalue weighted by Crippen LogP contribution is -2.38. The Morgan fingerprint density at radius 3 is 1.70 bits per heavy atom. The van der Waals surface area contributed by atoms with Gasteiger partial charge in [0.25, 0.3) is 0 Å². The predicted octanol–water partition coefficient (Wildman–Crippen LogP) is 5.07. The van der Waals surface area contributed by atoms with Crippen LogP contribution in [0.4, 0.5) is 8.78 Å². The van der Waals surface area contributed by atoms with Gasteiger partial charge in [0, 0.05) is 12.8 Å². The summed E-state index contributed by atoms with van der Waals surface area (Å²) in [6, 6.07) is 26.4. The van der Waals surface area contributed by atoms with E-state index in [1.165, 1.54) is 24.3 Å². The Morgan fingerprint density at radius 1 is 0.750 bits per heavy atom. The summed E-state index contributed by atoms with van der Waals surface area (Å²) >= 11 is 0. The molecule has 0 aliphatic rings. The van der Waals surface area contributed by atoms with Crippen molar-refractivity contribution in [3.05, 3.63) is 131 Å². The number of amides is 2. The Morgan fingerprint density at radius 2 is 1.25 bits per heavy atom. The highest BCUT2D eigenvalue weighted by atomic mass is 19.1. The zero-order valence-corrected chi connectivity index (χ0v) is 24.6. The molecule has 0 aliphatic carbocycles. The summed E-state index contributed by atoms with van der Waals surface area (Å²) in [5, 5.41) is 3.02. The molecule has 0 bridgehead atoms. The monoisotopic (exact) mass is 602 g/mol. The summed E-state index contributed by atoms with van der Waals surface area (Å²) in [7, 11) is 0. The molecule has 44 heavy (non-hydrogen) atoms. The summed E-state index contributed by atoms with van der Waals surface area (Å²) in [6.45, 7) is 4.51. The molecule has 0 radical (unpaired) electrons. The summed E-state index contributed by atoms with van der Waals surface area (Å²) in [6.07, 6.45) is 1.59. The van der Waals surface area contributed by atoms with Crippen LogP contribution in [0, 0.1) is 11.6 Å². The lowest BCUT2D eigenvalue weighted by Gasteiger charge is -2.11. The van der Waals surface area contributed by atoms with Gasteiger partial charge in [0.1, 0.15) is 42.4 Å². The first kappa shape index (κ1) is 33.4. The zero-order chi connectivity index (χ0) is 31.9.